The standard InChI is InChI=1S/C11H17N5S/c1-2-9-13-14-11-16(9)15-10(17-11)7-4-3-5-8(12)6-7/h7-8H,2-6,12H2,1H3. The molecule has 2 aromatic heterocycles. The van der Waals surface area contributed by atoms with Crippen LogP contribution >= 0.6 is 11.3 Å². The number of fused-ring (bicyclic) bond motifs is 1. The SMILES string of the molecule is CCc1nnc2sc(C3CCCC(N)C3)nn12. The lowest BCUT2D eigenvalue weighted by molar-refractivity contribution is 0.390. The molecule has 0 spiro atoms. The molecule has 3 rings (SSSR count). The fourth-order valence-corrected chi connectivity index (χ4v) is 3.51. The van der Waals surface area contributed by atoms with E-state index in [-0.39, 0.29) is 0 Å². The van der Waals surface area contributed by atoms with Crippen LogP contribution in [-0.2, 0) is 6.42 Å². The molecule has 1 aliphatic carbocycles. The van der Waals surface area contributed by atoms with E-state index in [2.05, 4.69) is 22.2 Å². The number of hydrogen-bond acceptors (Lipinski definition) is 5. The Morgan fingerprint density at radius 1 is 1.41 bits per heavy atom. The van der Waals surface area contributed by atoms with Gasteiger partial charge in [0.05, 0.1) is 0 Å². The van der Waals surface area contributed by atoms with Gasteiger partial charge in [0, 0.05) is 18.4 Å². The maximum absolute atomic E-state index is 6.03. The topological polar surface area (TPSA) is 69.1 Å². The van der Waals surface area contributed by atoms with Gasteiger partial charge >= 0.3 is 0 Å². The summed E-state index contributed by atoms with van der Waals surface area (Å²) >= 11 is 1.66. The van der Waals surface area contributed by atoms with E-state index >= 15 is 0 Å². The van der Waals surface area contributed by atoms with Crippen molar-refractivity contribution < 1.29 is 0 Å². The second-order valence-electron chi connectivity index (χ2n) is 4.73. The van der Waals surface area contributed by atoms with Gasteiger partial charge in [-0.25, -0.2) is 0 Å². The zero-order chi connectivity index (χ0) is 11.8. The Kier molecular flexibility index (Phi) is 2.84. The van der Waals surface area contributed by atoms with Crippen molar-refractivity contribution in [2.75, 3.05) is 0 Å². The van der Waals surface area contributed by atoms with E-state index in [0.29, 0.717) is 12.0 Å². The van der Waals surface area contributed by atoms with E-state index < -0.39 is 0 Å². The van der Waals surface area contributed by atoms with Crippen molar-refractivity contribution in [2.24, 2.45) is 5.73 Å². The molecule has 0 saturated heterocycles. The zero-order valence-electron chi connectivity index (χ0n) is 9.96. The molecule has 2 N–H and O–H groups in total. The first-order valence-corrected chi connectivity index (χ1v) is 7.06. The summed E-state index contributed by atoms with van der Waals surface area (Å²) in [7, 11) is 0. The molecule has 0 amide bonds. The van der Waals surface area contributed by atoms with Crippen LogP contribution in [0.5, 0.6) is 0 Å². The van der Waals surface area contributed by atoms with Crippen LogP contribution in [-0.4, -0.2) is 25.9 Å². The highest BCUT2D eigenvalue weighted by molar-refractivity contribution is 7.16. The maximum atomic E-state index is 6.03. The van der Waals surface area contributed by atoms with Crippen LogP contribution < -0.4 is 5.73 Å². The first-order chi connectivity index (χ1) is 8.28. The van der Waals surface area contributed by atoms with Gasteiger partial charge in [-0.15, -0.1) is 10.2 Å². The lowest BCUT2D eigenvalue weighted by Gasteiger charge is -2.24. The van der Waals surface area contributed by atoms with E-state index in [4.69, 9.17) is 5.73 Å². The fourth-order valence-electron chi connectivity index (χ4n) is 2.51. The number of nitrogens with two attached hydrogens (primary N) is 1. The Hall–Kier alpha value is -1.01. The molecule has 1 aliphatic rings. The van der Waals surface area contributed by atoms with Crippen LogP contribution in [0.15, 0.2) is 0 Å². The van der Waals surface area contributed by atoms with E-state index in [9.17, 15) is 0 Å². The van der Waals surface area contributed by atoms with Crippen molar-refractivity contribution >= 4 is 16.3 Å². The Bertz CT molecular complexity index is 517. The Balaban J connectivity index is 1.92. The van der Waals surface area contributed by atoms with Crippen molar-refractivity contribution in [3.63, 3.8) is 0 Å². The highest BCUT2D eigenvalue weighted by Crippen LogP contribution is 2.34. The average Bonchev–Trinajstić information content (AvgIpc) is 2.87. The highest BCUT2D eigenvalue weighted by Gasteiger charge is 2.24. The van der Waals surface area contributed by atoms with Gasteiger partial charge in [0.1, 0.15) is 5.01 Å². The first kappa shape index (κ1) is 11.1. The van der Waals surface area contributed by atoms with Gasteiger partial charge < -0.3 is 5.73 Å². The van der Waals surface area contributed by atoms with E-state index in [1.165, 1.54) is 17.8 Å². The smallest absolute Gasteiger partial charge is 0.234 e. The van der Waals surface area contributed by atoms with Crippen LogP contribution in [0, 0.1) is 0 Å². The Morgan fingerprint density at radius 2 is 2.29 bits per heavy atom. The maximum Gasteiger partial charge on any atom is 0.234 e. The lowest BCUT2D eigenvalue weighted by atomic mass is 9.87. The van der Waals surface area contributed by atoms with E-state index in [1.54, 1.807) is 11.3 Å². The fraction of sp³-hybridized carbons (Fsp3) is 0.727. The minimum atomic E-state index is 0.341. The van der Waals surface area contributed by atoms with Gasteiger partial charge in [-0.3, -0.25) is 0 Å². The van der Waals surface area contributed by atoms with E-state index in [0.717, 1.165) is 30.0 Å². The van der Waals surface area contributed by atoms with Crippen LogP contribution in [0.3, 0.4) is 0 Å². The highest BCUT2D eigenvalue weighted by atomic mass is 32.1. The molecule has 2 atom stereocenters. The summed E-state index contributed by atoms with van der Waals surface area (Å²) in [6.07, 6.45) is 5.51. The second kappa shape index (κ2) is 4.34. The minimum Gasteiger partial charge on any atom is -0.328 e. The molecule has 0 bridgehead atoms. The molecule has 1 saturated carbocycles. The number of nitrogens with zero attached hydrogens (tertiary/aromatic N) is 4. The Morgan fingerprint density at radius 3 is 3.06 bits per heavy atom. The third-order valence-corrected chi connectivity index (χ3v) is 4.51. The first-order valence-electron chi connectivity index (χ1n) is 6.24. The summed E-state index contributed by atoms with van der Waals surface area (Å²) in [6, 6.07) is 0.341. The second-order valence-corrected chi connectivity index (χ2v) is 5.72. The van der Waals surface area contributed by atoms with Crippen LogP contribution in [0.25, 0.3) is 4.96 Å². The van der Waals surface area contributed by atoms with Crippen molar-refractivity contribution in [3.05, 3.63) is 10.8 Å². The monoisotopic (exact) mass is 251 g/mol. The molecule has 1 fully saturated rings. The Labute approximate surface area is 104 Å². The number of aromatic nitrogens is 4. The molecule has 2 unspecified atom stereocenters. The molecule has 0 radical (unpaired) electrons. The third kappa shape index (κ3) is 1.95. The predicted octanol–water partition coefficient (Wildman–Crippen LogP) is 1.73. The van der Waals surface area contributed by atoms with Gasteiger partial charge in [-0.2, -0.15) is 9.61 Å². The van der Waals surface area contributed by atoms with Crippen LogP contribution in [0.1, 0.15) is 49.4 Å². The summed E-state index contributed by atoms with van der Waals surface area (Å²) in [5.41, 5.74) is 6.03. The van der Waals surface area contributed by atoms with Gasteiger partial charge in [0.2, 0.25) is 4.96 Å². The molecule has 2 heterocycles. The lowest BCUT2D eigenvalue weighted by Crippen LogP contribution is -2.26. The minimum absolute atomic E-state index is 0.341. The summed E-state index contributed by atoms with van der Waals surface area (Å²) in [6.45, 7) is 2.08. The van der Waals surface area contributed by atoms with E-state index in [1.807, 2.05) is 4.52 Å². The number of aryl methyl sites for hydroxylation is 1. The predicted molar refractivity (Wildman–Crippen MR) is 67.2 cm³/mol. The number of rotatable bonds is 2. The molecule has 92 valence electrons. The molecule has 2 aromatic rings. The molecule has 0 aliphatic heterocycles. The third-order valence-electron chi connectivity index (χ3n) is 3.45. The molecule has 0 aromatic carbocycles. The van der Waals surface area contributed by atoms with Gasteiger partial charge in [0.15, 0.2) is 5.82 Å². The molecule has 17 heavy (non-hydrogen) atoms. The van der Waals surface area contributed by atoms with Crippen molar-refractivity contribution in [2.45, 2.75) is 51.0 Å². The summed E-state index contributed by atoms with van der Waals surface area (Å²) in [5.74, 6) is 1.47. The normalized spacial score (nSPS) is 25.5. The quantitative estimate of drug-likeness (QED) is 0.882. The van der Waals surface area contributed by atoms with Gasteiger partial charge in [-0.1, -0.05) is 24.7 Å². The largest absolute Gasteiger partial charge is 0.328 e. The molecular weight excluding hydrogens is 234 g/mol. The molecule has 5 nitrogen and oxygen atoms in total. The zero-order valence-corrected chi connectivity index (χ0v) is 10.8. The summed E-state index contributed by atoms with van der Waals surface area (Å²) < 4.78 is 1.89. The van der Waals surface area contributed by atoms with Crippen LogP contribution in [0.4, 0.5) is 0 Å². The van der Waals surface area contributed by atoms with Crippen LogP contribution in [0.2, 0.25) is 0 Å². The molecular formula is C11H17N5S. The summed E-state index contributed by atoms with van der Waals surface area (Å²) in [4.78, 5) is 0.913. The average molecular weight is 251 g/mol. The van der Waals surface area contributed by atoms with Crippen molar-refractivity contribution in [1.82, 2.24) is 19.8 Å². The van der Waals surface area contributed by atoms with Gasteiger partial charge in [-0.05, 0) is 19.3 Å². The molecule has 6 heteroatoms. The van der Waals surface area contributed by atoms with Gasteiger partial charge in [0.25, 0.3) is 0 Å². The number of hydrogen-bond donors (Lipinski definition) is 1. The van der Waals surface area contributed by atoms with Crippen molar-refractivity contribution in [3.8, 4) is 0 Å². The summed E-state index contributed by atoms with van der Waals surface area (Å²) in [5, 5.41) is 14.1. The van der Waals surface area contributed by atoms with Crippen molar-refractivity contribution in [1.29, 1.82) is 0 Å².